The molecule has 0 fully saturated rings. The lowest BCUT2D eigenvalue weighted by Gasteiger charge is -2.17. The minimum Gasteiger partial charge on any atom is -0.312 e. The molecule has 0 atom stereocenters. The fraction of sp³-hybridized carbons (Fsp3) is 0.0333. The summed E-state index contributed by atoms with van der Waals surface area (Å²) < 4.78 is 1.73. The number of fused-ring (bicyclic) bond motifs is 1. The Kier molecular flexibility index (Phi) is 5.47. The SMILES string of the molecule is Cc1ccc(-c2ccc(-c3c(-c4ccc(Cl)cc4)cccc3-n3ncc4c(=O)[nH]cnc43)cc2)cc1. The molecule has 36 heavy (non-hydrogen) atoms. The maximum atomic E-state index is 12.3. The van der Waals surface area contributed by atoms with Crippen LogP contribution in [0.1, 0.15) is 5.56 Å². The average molecular weight is 489 g/mol. The van der Waals surface area contributed by atoms with Crippen LogP contribution >= 0.6 is 11.6 Å². The Balaban J connectivity index is 1.57. The maximum Gasteiger partial charge on any atom is 0.261 e. The van der Waals surface area contributed by atoms with Crippen LogP contribution in [0.2, 0.25) is 5.02 Å². The van der Waals surface area contributed by atoms with Gasteiger partial charge >= 0.3 is 0 Å². The summed E-state index contributed by atoms with van der Waals surface area (Å²) >= 11 is 6.18. The standard InChI is InChI=1S/C30H21ClN4O/c1-19-5-7-20(8-6-19)21-9-11-23(12-10-21)28-25(22-13-15-24(31)16-14-22)3-2-4-27(28)35-29-26(17-34-35)30(36)33-18-32-29/h2-18H,1H3,(H,32,33,36). The lowest BCUT2D eigenvalue weighted by Crippen LogP contribution is -2.07. The van der Waals surface area contributed by atoms with Gasteiger partial charge in [-0.3, -0.25) is 4.79 Å². The van der Waals surface area contributed by atoms with E-state index in [2.05, 4.69) is 76.6 Å². The molecule has 0 bridgehead atoms. The van der Waals surface area contributed by atoms with Gasteiger partial charge in [-0.15, -0.1) is 0 Å². The fourth-order valence-corrected chi connectivity index (χ4v) is 4.62. The Hall–Kier alpha value is -4.48. The number of aromatic amines is 1. The van der Waals surface area contributed by atoms with Gasteiger partial charge in [-0.1, -0.05) is 90.0 Å². The Bertz CT molecular complexity index is 1750. The number of nitrogens with one attached hydrogen (secondary N) is 1. The summed E-state index contributed by atoms with van der Waals surface area (Å²) in [5.74, 6) is 0. The number of hydrogen-bond acceptors (Lipinski definition) is 3. The van der Waals surface area contributed by atoms with Crippen LogP contribution in [0.5, 0.6) is 0 Å². The summed E-state index contributed by atoms with van der Waals surface area (Å²) in [5.41, 5.74) is 8.73. The lowest BCUT2D eigenvalue weighted by molar-refractivity contribution is 0.896. The van der Waals surface area contributed by atoms with Gasteiger partial charge in [-0.05, 0) is 52.9 Å². The summed E-state index contributed by atoms with van der Waals surface area (Å²) in [7, 11) is 0. The summed E-state index contributed by atoms with van der Waals surface area (Å²) in [6.07, 6.45) is 2.96. The van der Waals surface area contributed by atoms with Gasteiger partial charge in [0.1, 0.15) is 5.39 Å². The van der Waals surface area contributed by atoms with Crippen molar-refractivity contribution >= 4 is 22.6 Å². The van der Waals surface area contributed by atoms with Crippen molar-refractivity contribution in [3.05, 3.63) is 124 Å². The predicted octanol–water partition coefficient (Wildman–Crippen LogP) is 7.07. The van der Waals surface area contributed by atoms with Crippen molar-refractivity contribution in [2.24, 2.45) is 0 Å². The highest BCUT2D eigenvalue weighted by atomic mass is 35.5. The van der Waals surface area contributed by atoms with Crippen molar-refractivity contribution in [1.29, 1.82) is 0 Å². The summed E-state index contributed by atoms with van der Waals surface area (Å²) in [5, 5.41) is 5.67. The molecule has 6 heteroatoms. The van der Waals surface area contributed by atoms with E-state index in [0.717, 1.165) is 33.5 Å². The molecule has 2 aromatic heterocycles. The second-order valence-electron chi connectivity index (χ2n) is 8.68. The minimum absolute atomic E-state index is 0.218. The zero-order chi connectivity index (χ0) is 24.6. The van der Waals surface area contributed by atoms with Crippen molar-refractivity contribution in [2.45, 2.75) is 6.92 Å². The van der Waals surface area contributed by atoms with E-state index in [4.69, 9.17) is 11.6 Å². The van der Waals surface area contributed by atoms with E-state index >= 15 is 0 Å². The van der Waals surface area contributed by atoms with Gasteiger partial charge in [0.05, 0.1) is 18.2 Å². The number of aryl methyl sites for hydroxylation is 1. The number of halogens is 1. The number of benzene rings is 4. The van der Waals surface area contributed by atoms with Crippen LogP contribution in [0.3, 0.4) is 0 Å². The second kappa shape index (κ2) is 8.95. The molecular formula is C30H21ClN4O. The van der Waals surface area contributed by atoms with Crippen LogP contribution in [0.15, 0.2) is 108 Å². The number of nitrogens with zero attached hydrogens (tertiary/aromatic N) is 3. The molecular weight excluding hydrogens is 468 g/mol. The Morgan fingerprint density at radius 1 is 0.778 bits per heavy atom. The molecule has 0 unspecified atom stereocenters. The zero-order valence-corrected chi connectivity index (χ0v) is 20.2. The highest BCUT2D eigenvalue weighted by molar-refractivity contribution is 6.30. The molecule has 0 saturated heterocycles. The van der Waals surface area contributed by atoms with Crippen molar-refractivity contribution in [3.8, 4) is 39.1 Å². The van der Waals surface area contributed by atoms with E-state index in [0.29, 0.717) is 16.1 Å². The third-order valence-electron chi connectivity index (χ3n) is 6.36. The summed E-state index contributed by atoms with van der Waals surface area (Å²) in [4.78, 5) is 19.4. The number of rotatable bonds is 4. The van der Waals surface area contributed by atoms with Crippen LogP contribution < -0.4 is 5.56 Å². The van der Waals surface area contributed by atoms with Gasteiger partial charge < -0.3 is 4.98 Å². The van der Waals surface area contributed by atoms with Gasteiger partial charge in [0.15, 0.2) is 5.65 Å². The largest absolute Gasteiger partial charge is 0.312 e. The molecule has 0 radical (unpaired) electrons. The molecule has 174 valence electrons. The molecule has 0 saturated carbocycles. The smallest absolute Gasteiger partial charge is 0.261 e. The van der Waals surface area contributed by atoms with Gasteiger partial charge in [0.2, 0.25) is 0 Å². The third kappa shape index (κ3) is 3.89. The number of H-pyrrole nitrogens is 1. The van der Waals surface area contributed by atoms with Crippen LogP contribution in [-0.4, -0.2) is 19.7 Å². The molecule has 0 aliphatic rings. The monoisotopic (exact) mass is 488 g/mol. The van der Waals surface area contributed by atoms with Crippen LogP contribution in [0.25, 0.3) is 50.1 Å². The van der Waals surface area contributed by atoms with E-state index in [1.165, 1.54) is 17.5 Å². The molecule has 6 aromatic rings. The van der Waals surface area contributed by atoms with E-state index in [-0.39, 0.29) is 5.56 Å². The fourth-order valence-electron chi connectivity index (χ4n) is 4.50. The van der Waals surface area contributed by atoms with Gasteiger partial charge in [0.25, 0.3) is 5.56 Å². The van der Waals surface area contributed by atoms with Gasteiger partial charge in [0, 0.05) is 10.6 Å². The van der Waals surface area contributed by atoms with Crippen LogP contribution in [0, 0.1) is 6.92 Å². The average Bonchev–Trinajstić information content (AvgIpc) is 3.35. The Morgan fingerprint density at radius 3 is 2.14 bits per heavy atom. The molecule has 0 aliphatic heterocycles. The first-order chi connectivity index (χ1) is 17.6. The van der Waals surface area contributed by atoms with E-state index in [9.17, 15) is 4.79 Å². The van der Waals surface area contributed by atoms with Crippen molar-refractivity contribution in [3.63, 3.8) is 0 Å². The first-order valence-corrected chi connectivity index (χ1v) is 11.9. The number of hydrogen-bond donors (Lipinski definition) is 1. The molecule has 5 nitrogen and oxygen atoms in total. The Labute approximate surface area is 212 Å². The number of aromatic nitrogens is 4. The Morgan fingerprint density at radius 2 is 1.42 bits per heavy atom. The van der Waals surface area contributed by atoms with Crippen molar-refractivity contribution in [1.82, 2.24) is 19.7 Å². The van der Waals surface area contributed by atoms with Crippen LogP contribution in [0.4, 0.5) is 0 Å². The molecule has 4 aromatic carbocycles. The highest BCUT2D eigenvalue weighted by Crippen LogP contribution is 2.38. The van der Waals surface area contributed by atoms with E-state index < -0.39 is 0 Å². The van der Waals surface area contributed by atoms with Crippen molar-refractivity contribution < 1.29 is 0 Å². The molecule has 0 spiro atoms. The molecule has 1 N–H and O–H groups in total. The van der Waals surface area contributed by atoms with E-state index in [1.54, 1.807) is 10.9 Å². The van der Waals surface area contributed by atoms with Crippen LogP contribution in [-0.2, 0) is 0 Å². The first kappa shape index (κ1) is 22.0. The lowest BCUT2D eigenvalue weighted by atomic mass is 9.92. The van der Waals surface area contributed by atoms with Gasteiger partial charge in [-0.25, -0.2) is 9.67 Å². The molecule has 0 amide bonds. The summed E-state index contributed by atoms with van der Waals surface area (Å²) in [6.45, 7) is 2.09. The third-order valence-corrected chi connectivity index (χ3v) is 6.61. The highest BCUT2D eigenvalue weighted by Gasteiger charge is 2.18. The first-order valence-electron chi connectivity index (χ1n) is 11.6. The second-order valence-corrected chi connectivity index (χ2v) is 9.11. The normalized spacial score (nSPS) is 11.2. The topological polar surface area (TPSA) is 63.6 Å². The maximum absolute atomic E-state index is 12.3. The van der Waals surface area contributed by atoms with Crippen molar-refractivity contribution in [2.75, 3.05) is 0 Å². The molecule has 0 aliphatic carbocycles. The minimum atomic E-state index is -0.218. The molecule has 2 heterocycles. The summed E-state index contributed by atoms with van der Waals surface area (Å²) in [6, 6.07) is 30.9. The predicted molar refractivity (Wildman–Crippen MR) is 146 cm³/mol. The zero-order valence-electron chi connectivity index (χ0n) is 19.4. The van der Waals surface area contributed by atoms with E-state index in [1.807, 2.05) is 36.4 Å². The van der Waals surface area contributed by atoms with Gasteiger partial charge in [-0.2, -0.15) is 5.10 Å². The molecule has 6 rings (SSSR count). The quantitative estimate of drug-likeness (QED) is 0.288.